The van der Waals surface area contributed by atoms with Crippen LogP contribution in [0.3, 0.4) is 0 Å². The van der Waals surface area contributed by atoms with Gasteiger partial charge in [0.15, 0.2) is 0 Å². The highest BCUT2D eigenvalue weighted by atomic mass is 32.1. The number of benzene rings is 1. The molecule has 2 aliphatic carbocycles. The van der Waals surface area contributed by atoms with Crippen molar-refractivity contribution in [3.8, 4) is 17.6 Å². The average Bonchev–Trinajstić information content (AvgIpc) is 3.59. The van der Waals surface area contributed by atoms with Crippen molar-refractivity contribution in [3.05, 3.63) is 41.5 Å². The number of unbranched alkanes of at least 4 members (excludes halogenated alkanes) is 3. The topological polar surface area (TPSA) is 122 Å². The minimum Gasteiger partial charge on any atom is -0.489 e. The third-order valence-corrected chi connectivity index (χ3v) is 10.4. The van der Waals surface area contributed by atoms with Crippen LogP contribution >= 0.6 is 12.6 Å². The third kappa shape index (κ3) is 10.0. The maximum Gasteiger partial charge on any atom is 0.310 e. The van der Waals surface area contributed by atoms with E-state index < -0.39 is 30.0 Å². The van der Waals surface area contributed by atoms with Crippen LogP contribution < -0.4 is 10.1 Å². The van der Waals surface area contributed by atoms with Crippen molar-refractivity contribution in [2.75, 3.05) is 12.3 Å². The number of aliphatic hydroxyl groups excluding tert-OH is 1. The molecular formula is C38H53NO7S. The molecule has 3 N–H and O–H groups in total. The average molecular weight is 668 g/mol. The fraction of sp³-hybridized carbons (Fsp3) is 0.658. The van der Waals surface area contributed by atoms with E-state index in [0.29, 0.717) is 45.1 Å². The Morgan fingerprint density at radius 1 is 1.13 bits per heavy atom. The van der Waals surface area contributed by atoms with Gasteiger partial charge < -0.3 is 25.0 Å². The molecule has 1 aromatic rings. The molecule has 3 aliphatic rings. The van der Waals surface area contributed by atoms with E-state index in [2.05, 4.69) is 29.8 Å². The molecule has 0 saturated heterocycles. The molecule has 1 aromatic carbocycles. The van der Waals surface area contributed by atoms with Gasteiger partial charge in [0.2, 0.25) is 5.91 Å². The summed E-state index contributed by atoms with van der Waals surface area (Å²) in [4.78, 5) is 38.2. The van der Waals surface area contributed by atoms with Crippen LogP contribution in [0.1, 0.15) is 108 Å². The number of nitrogens with one attached hydrogen (secondary N) is 1. The predicted molar refractivity (Wildman–Crippen MR) is 185 cm³/mol. The van der Waals surface area contributed by atoms with Gasteiger partial charge in [0.25, 0.3) is 0 Å². The molecule has 4 rings (SSSR count). The largest absolute Gasteiger partial charge is 0.489 e. The molecule has 1 amide bonds. The number of fused-ring (bicyclic) bond motifs is 3. The van der Waals surface area contributed by atoms with Gasteiger partial charge >= 0.3 is 11.9 Å². The second-order valence-electron chi connectivity index (χ2n) is 13.5. The third-order valence-electron chi connectivity index (χ3n) is 10.1. The number of carbonyl (C=O) groups is 3. The summed E-state index contributed by atoms with van der Waals surface area (Å²) in [5.74, 6) is 5.17. The van der Waals surface area contributed by atoms with Crippen LogP contribution in [0.5, 0.6) is 5.75 Å². The zero-order valence-corrected chi connectivity index (χ0v) is 28.9. The van der Waals surface area contributed by atoms with E-state index in [0.717, 1.165) is 61.2 Å². The molecule has 1 aliphatic heterocycles. The van der Waals surface area contributed by atoms with Gasteiger partial charge in [-0.25, -0.2) is 0 Å². The lowest BCUT2D eigenvalue weighted by Crippen LogP contribution is -2.41. The van der Waals surface area contributed by atoms with Crippen molar-refractivity contribution >= 4 is 30.5 Å². The normalized spacial score (nSPS) is 26.0. The summed E-state index contributed by atoms with van der Waals surface area (Å²) in [5, 5.41) is 23.1. The number of carboxylic acids is 1. The van der Waals surface area contributed by atoms with Crippen molar-refractivity contribution in [2.24, 2.45) is 23.7 Å². The van der Waals surface area contributed by atoms with E-state index in [1.807, 2.05) is 31.2 Å². The quantitative estimate of drug-likeness (QED) is 0.0510. The van der Waals surface area contributed by atoms with Gasteiger partial charge in [-0.2, -0.15) is 12.6 Å². The molecule has 2 saturated carbocycles. The molecule has 0 spiro atoms. The molecule has 2 fully saturated rings. The summed E-state index contributed by atoms with van der Waals surface area (Å²) in [5.41, 5.74) is 2.01. The molecular weight excluding hydrogens is 614 g/mol. The monoisotopic (exact) mass is 667 g/mol. The molecule has 0 unspecified atom stereocenters. The van der Waals surface area contributed by atoms with Crippen LogP contribution in [0.25, 0.3) is 0 Å². The molecule has 0 aromatic heterocycles. The van der Waals surface area contributed by atoms with Gasteiger partial charge in [0.05, 0.1) is 17.9 Å². The molecule has 47 heavy (non-hydrogen) atoms. The Labute approximate surface area is 285 Å². The first-order chi connectivity index (χ1) is 22.7. The highest BCUT2D eigenvalue weighted by molar-refractivity contribution is 7.80. The van der Waals surface area contributed by atoms with Gasteiger partial charge in [0.1, 0.15) is 18.0 Å². The van der Waals surface area contributed by atoms with Gasteiger partial charge in [-0.15, -0.1) is 11.8 Å². The number of thiol groups is 1. The van der Waals surface area contributed by atoms with Gasteiger partial charge in [-0.1, -0.05) is 63.0 Å². The lowest BCUT2D eigenvalue weighted by Gasteiger charge is -2.31. The van der Waals surface area contributed by atoms with Gasteiger partial charge in [-0.05, 0) is 62.7 Å². The first kappa shape index (κ1) is 36.9. The lowest BCUT2D eigenvalue weighted by atomic mass is 9.78. The lowest BCUT2D eigenvalue weighted by molar-refractivity contribution is -0.161. The highest BCUT2D eigenvalue weighted by Gasteiger charge is 2.52. The minimum absolute atomic E-state index is 0.0550. The molecule has 1 heterocycles. The number of amides is 1. The number of aliphatic hydroxyl groups is 1. The van der Waals surface area contributed by atoms with E-state index >= 15 is 0 Å². The Bertz CT molecular complexity index is 1300. The second kappa shape index (κ2) is 18.5. The number of hydrogen-bond acceptors (Lipinski definition) is 7. The maximum absolute atomic E-state index is 13.8. The van der Waals surface area contributed by atoms with E-state index in [1.54, 1.807) is 13.0 Å². The Morgan fingerprint density at radius 2 is 1.89 bits per heavy atom. The van der Waals surface area contributed by atoms with Gasteiger partial charge in [0, 0.05) is 43.2 Å². The van der Waals surface area contributed by atoms with Crippen LogP contribution in [0, 0.1) is 35.5 Å². The Balaban J connectivity index is 1.50. The number of esters is 1. The number of aryl methyl sites for hydroxylation is 1. The Morgan fingerprint density at radius 3 is 2.64 bits per heavy atom. The molecule has 0 bridgehead atoms. The predicted octanol–water partition coefficient (Wildman–Crippen LogP) is 6.25. The second-order valence-corrected chi connectivity index (χ2v) is 13.9. The number of hydrogen-bond donors (Lipinski definition) is 4. The smallest absolute Gasteiger partial charge is 0.310 e. The molecule has 0 radical (unpaired) electrons. The first-order valence-electron chi connectivity index (χ1n) is 17.6. The molecule has 8 nitrogen and oxygen atoms in total. The fourth-order valence-electron chi connectivity index (χ4n) is 7.41. The highest BCUT2D eigenvalue weighted by Crippen LogP contribution is 2.53. The van der Waals surface area contributed by atoms with Crippen molar-refractivity contribution in [2.45, 2.75) is 122 Å². The number of ether oxygens (including phenoxy) is 2. The number of para-hydroxylation sites is 1. The van der Waals surface area contributed by atoms with Crippen molar-refractivity contribution in [3.63, 3.8) is 0 Å². The number of carbonyl (C=O) groups excluding carboxylic acids is 2. The van der Waals surface area contributed by atoms with E-state index in [-0.39, 0.29) is 42.2 Å². The molecule has 9 heteroatoms. The van der Waals surface area contributed by atoms with E-state index in [1.165, 1.54) is 0 Å². The van der Waals surface area contributed by atoms with Crippen LogP contribution in [0.15, 0.2) is 30.4 Å². The number of carboxylic acid groups (broad SMARTS) is 1. The van der Waals surface area contributed by atoms with E-state index in [4.69, 9.17) is 14.6 Å². The Kier molecular flexibility index (Phi) is 14.5. The SMILES string of the molecule is CC#CC[C@H](C)[C@H](O)/C=C/[C@@H]1[C@H]2c3cccc(CCCC(=O)O)c3O[C@H]2C[C@H]1OC(=O)[C@H]1CCCC[C@H]1C(=O)NCCCCCCS. The van der Waals surface area contributed by atoms with Gasteiger partial charge in [-0.3, -0.25) is 14.4 Å². The summed E-state index contributed by atoms with van der Waals surface area (Å²) < 4.78 is 12.8. The standard InChI is InChI=1S/C38H53NO7S/c1-3-4-13-25(2)31(40)21-20-29-32(24-33-35(29)30-18-11-14-26(36(30)45-33)15-12-19-34(41)42)46-38(44)28-17-8-7-16-27(28)37(43)39-22-9-5-6-10-23-47/h11,14,18,20-21,25,27-29,31-33,35,40,47H,5-10,12-13,15-17,19,22-24H2,1-2H3,(H,39,43)(H,41,42)/b21-20+/t25-,27+,28-,29-,31+,32+,33-,35-/m0/s1. The Hall–Kier alpha value is -2.96. The molecule has 258 valence electrons. The number of rotatable bonds is 17. The zero-order chi connectivity index (χ0) is 33.8. The van der Waals surface area contributed by atoms with Crippen LogP contribution in [0.2, 0.25) is 0 Å². The summed E-state index contributed by atoms with van der Waals surface area (Å²) in [6.45, 7) is 4.36. The first-order valence-corrected chi connectivity index (χ1v) is 18.2. The van der Waals surface area contributed by atoms with E-state index in [9.17, 15) is 19.5 Å². The summed E-state index contributed by atoms with van der Waals surface area (Å²) in [7, 11) is 0. The summed E-state index contributed by atoms with van der Waals surface area (Å²) in [6, 6.07) is 6.01. The van der Waals surface area contributed by atoms with Crippen LogP contribution in [-0.2, 0) is 25.5 Å². The molecule has 8 atom stereocenters. The van der Waals surface area contributed by atoms with Crippen LogP contribution in [-0.4, -0.2) is 58.7 Å². The summed E-state index contributed by atoms with van der Waals surface area (Å²) >= 11 is 4.26. The van der Waals surface area contributed by atoms with Crippen LogP contribution in [0.4, 0.5) is 0 Å². The number of aliphatic carboxylic acids is 1. The summed E-state index contributed by atoms with van der Waals surface area (Å²) in [6.07, 6.45) is 11.9. The van der Waals surface area contributed by atoms with Crippen molar-refractivity contribution in [1.29, 1.82) is 0 Å². The maximum atomic E-state index is 13.8. The van der Waals surface area contributed by atoms with Crippen molar-refractivity contribution < 1.29 is 34.1 Å². The zero-order valence-electron chi connectivity index (χ0n) is 28.0. The minimum atomic E-state index is -0.819. The van der Waals surface area contributed by atoms with Crippen molar-refractivity contribution in [1.82, 2.24) is 5.32 Å². The fourth-order valence-corrected chi connectivity index (χ4v) is 7.64.